The van der Waals surface area contributed by atoms with Crippen molar-refractivity contribution in [3.05, 3.63) is 12.2 Å². The molecule has 2 heteroatoms. The molecule has 68 valence electrons. The van der Waals surface area contributed by atoms with Crippen LogP contribution in [-0.4, -0.2) is 16.8 Å². The van der Waals surface area contributed by atoms with Gasteiger partial charge in [-0.25, -0.2) is 0 Å². The Bertz CT molecular complexity index is 175. The standard InChI is InChI=1S/C10H16OS/c1-2-3-8-12-10-7-5-4-6-9(10)11/h4,6,10H,2-3,5,7-8H2,1H3. The Hall–Kier alpha value is -0.240. The number of hydrogen-bond acceptors (Lipinski definition) is 2. The van der Waals surface area contributed by atoms with Crippen molar-refractivity contribution in [1.29, 1.82) is 0 Å². The molecule has 0 aromatic heterocycles. The quantitative estimate of drug-likeness (QED) is 0.625. The maximum absolute atomic E-state index is 11.3. The molecule has 0 spiro atoms. The zero-order valence-corrected chi connectivity index (χ0v) is 8.40. The third kappa shape index (κ3) is 3.02. The van der Waals surface area contributed by atoms with Gasteiger partial charge in [0.05, 0.1) is 5.25 Å². The van der Waals surface area contributed by atoms with E-state index in [9.17, 15) is 4.79 Å². The van der Waals surface area contributed by atoms with Gasteiger partial charge in [-0.2, -0.15) is 11.8 Å². The summed E-state index contributed by atoms with van der Waals surface area (Å²) in [7, 11) is 0. The van der Waals surface area contributed by atoms with Crippen LogP contribution in [0.2, 0.25) is 0 Å². The number of thioether (sulfide) groups is 1. The van der Waals surface area contributed by atoms with Crippen LogP contribution in [0.1, 0.15) is 32.6 Å². The van der Waals surface area contributed by atoms with E-state index in [4.69, 9.17) is 0 Å². The van der Waals surface area contributed by atoms with E-state index in [1.807, 2.05) is 17.8 Å². The zero-order valence-electron chi connectivity index (χ0n) is 7.58. The molecule has 0 aliphatic heterocycles. The molecule has 1 aliphatic rings. The minimum absolute atomic E-state index is 0.265. The molecular formula is C10H16OS. The summed E-state index contributed by atoms with van der Waals surface area (Å²) in [6, 6.07) is 0. The number of carbonyl (C=O) groups is 1. The number of unbranched alkanes of at least 4 members (excludes halogenated alkanes) is 1. The van der Waals surface area contributed by atoms with Crippen molar-refractivity contribution in [2.45, 2.75) is 37.9 Å². The summed E-state index contributed by atoms with van der Waals surface area (Å²) in [4.78, 5) is 11.3. The van der Waals surface area contributed by atoms with Gasteiger partial charge < -0.3 is 0 Å². The van der Waals surface area contributed by atoms with Crippen LogP contribution in [-0.2, 0) is 4.79 Å². The van der Waals surface area contributed by atoms with E-state index in [2.05, 4.69) is 6.92 Å². The van der Waals surface area contributed by atoms with E-state index in [1.54, 1.807) is 6.08 Å². The molecule has 1 atom stereocenters. The minimum Gasteiger partial charge on any atom is -0.294 e. The van der Waals surface area contributed by atoms with Gasteiger partial charge in [0.2, 0.25) is 0 Å². The maximum Gasteiger partial charge on any atom is 0.168 e. The molecule has 0 radical (unpaired) electrons. The van der Waals surface area contributed by atoms with E-state index in [1.165, 1.54) is 12.8 Å². The summed E-state index contributed by atoms with van der Waals surface area (Å²) >= 11 is 1.83. The lowest BCUT2D eigenvalue weighted by Gasteiger charge is -2.15. The Labute approximate surface area is 78.6 Å². The summed E-state index contributed by atoms with van der Waals surface area (Å²) in [5, 5.41) is 0.265. The van der Waals surface area contributed by atoms with Crippen molar-refractivity contribution in [2.24, 2.45) is 0 Å². The van der Waals surface area contributed by atoms with E-state index in [-0.39, 0.29) is 5.25 Å². The lowest BCUT2D eigenvalue weighted by molar-refractivity contribution is -0.114. The molecule has 0 bridgehead atoms. The normalized spacial score (nSPS) is 23.1. The van der Waals surface area contributed by atoms with Crippen LogP contribution in [0.4, 0.5) is 0 Å². The van der Waals surface area contributed by atoms with Crippen LogP contribution in [0.25, 0.3) is 0 Å². The van der Waals surface area contributed by atoms with Crippen LogP contribution in [0.15, 0.2) is 12.2 Å². The fraction of sp³-hybridized carbons (Fsp3) is 0.700. The number of hydrogen-bond donors (Lipinski definition) is 0. The van der Waals surface area contributed by atoms with Crippen LogP contribution in [0.3, 0.4) is 0 Å². The third-order valence-corrected chi connectivity index (χ3v) is 3.41. The summed E-state index contributed by atoms with van der Waals surface area (Å²) < 4.78 is 0. The summed E-state index contributed by atoms with van der Waals surface area (Å²) in [6.45, 7) is 2.18. The van der Waals surface area contributed by atoms with Crippen molar-refractivity contribution in [2.75, 3.05) is 5.75 Å². The molecule has 1 rings (SSSR count). The molecule has 0 aromatic carbocycles. The highest BCUT2D eigenvalue weighted by Crippen LogP contribution is 2.22. The number of carbonyl (C=O) groups excluding carboxylic acids is 1. The average molecular weight is 184 g/mol. The SMILES string of the molecule is CCCCSC1CCC=CC1=O. The molecule has 0 fully saturated rings. The van der Waals surface area contributed by atoms with Crippen molar-refractivity contribution < 1.29 is 4.79 Å². The lowest BCUT2D eigenvalue weighted by atomic mass is 10.1. The van der Waals surface area contributed by atoms with Crippen LogP contribution < -0.4 is 0 Å². The van der Waals surface area contributed by atoms with Crippen LogP contribution in [0, 0.1) is 0 Å². The second-order valence-corrected chi connectivity index (χ2v) is 4.41. The molecule has 0 aromatic rings. The molecule has 12 heavy (non-hydrogen) atoms. The first-order valence-electron chi connectivity index (χ1n) is 4.66. The van der Waals surface area contributed by atoms with Crippen LogP contribution in [0.5, 0.6) is 0 Å². The molecule has 1 nitrogen and oxygen atoms in total. The van der Waals surface area contributed by atoms with Gasteiger partial charge in [0, 0.05) is 0 Å². The van der Waals surface area contributed by atoms with Crippen molar-refractivity contribution >= 4 is 17.5 Å². The van der Waals surface area contributed by atoms with Gasteiger partial charge in [-0.05, 0) is 31.1 Å². The number of rotatable bonds is 4. The highest BCUT2D eigenvalue weighted by atomic mass is 32.2. The van der Waals surface area contributed by atoms with Gasteiger partial charge in [0.15, 0.2) is 5.78 Å². The van der Waals surface area contributed by atoms with E-state index < -0.39 is 0 Å². The molecule has 0 amide bonds. The van der Waals surface area contributed by atoms with Gasteiger partial charge in [0.1, 0.15) is 0 Å². The average Bonchev–Trinajstić information content (AvgIpc) is 2.09. The highest BCUT2D eigenvalue weighted by Gasteiger charge is 2.17. The van der Waals surface area contributed by atoms with Gasteiger partial charge >= 0.3 is 0 Å². The van der Waals surface area contributed by atoms with E-state index >= 15 is 0 Å². The topological polar surface area (TPSA) is 17.1 Å². The Morgan fingerprint density at radius 2 is 2.50 bits per heavy atom. The first kappa shape index (κ1) is 9.85. The van der Waals surface area contributed by atoms with Gasteiger partial charge in [-0.15, -0.1) is 0 Å². The number of ketones is 1. The van der Waals surface area contributed by atoms with E-state index in [0.717, 1.165) is 18.6 Å². The third-order valence-electron chi connectivity index (χ3n) is 2.01. The fourth-order valence-electron chi connectivity index (χ4n) is 1.23. The van der Waals surface area contributed by atoms with Gasteiger partial charge in [-0.1, -0.05) is 19.4 Å². The first-order chi connectivity index (χ1) is 5.84. The van der Waals surface area contributed by atoms with Gasteiger partial charge in [0.25, 0.3) is 0 Å². The van der Waals surface area contributed by atoms with E-state index in [0.29, 0.717) is 5.78 Å². The molecule has 0 saturated heterocycles. The minimum atomic E-state index is 0.265. The Kier molecular flexibility index (Phi) is 4.44. The molecule has 1 unspecified atom stereocenters. The molecule has 0 saturated carbocycles. The maximum atomic E-state index is 11.3. The Balaban J connectivity index is 2.22. The lowest BCUT2D eigenvalue weighted by Crippen LogP contribution is -2.17. The predicted molar refractivity (Wildman–Crippen MR) is 54.5 cm³/mol. The molecular weight excluding hydrogens is 168 g/mol. The van der Waals surface area contributed by atoms with Crippen molar-refractivity contribution in [3.8, 4) is 0 Å². The largest absolute Gasteiger partial charge is 0.294 e. The highest BCUT2D eigenvalue weighted by molar-refractivity contribution is 8.00. The summed E-state index contributed by atoms with van der Waals surface area (Å²) in [6.07, 6.45) is 8.31. The summed E-state index contributed by atoms with van der Waals surface area (Å²) in [5.41, 5.74) is 0. The first-order valence-corrected chi connectivity index (χ1v) is 5.71. The Morgan fingerprint density at radius 1 is 1.67 bits per heavy atom. The zero-order chi connectivity index (χ0) is 8.81. The second-order valence-electron chi connectivity index (χ2n) is 3.10. The summed E-state index contributed by atoms with van der Waals surface area (Å²) in [5.74, 6) is 1.46. The van der Waals surface area contributed by atoms with Crippen molar-refractivity contribution in [1.82, 2.24) is 0 Å². The fourth-order valence-corrected chi connectivity index (χ4v) is 2.52. The smallest absolute Gasteiger partial charge is 0.168 e. The predicted octanol–water partition coefficient (Wildman–Crippen LogP) is 2.81. The van der Waals surface area contributed by atoms with Crippen molar-refractivity contribution in [3.63, 3.8) is 0 Å². The molecule has 0 N–H and O–H groups in total. The monoisotopic (exact) mass is 184 g/mol. The van der Waals surface area contributed by atoms with Crippen LogP contribution >= 0.6 is 11.8 Å². The molecule has 1 aliphatic carbocycles. The van der Waals surface area contributed by atoms with Gasteiger partial charge in [-0.3, -0.25) is 4.79 Å². The second kappa shape index (κ2) is 5.41. The Morgan fingerprint density at radius 3 is 3.17 bits per heavy atom. The number of allylic oxidation sites excluding steroid dienone is 2. The molecule has 0 heterocycles.